The van der Waals surface area contributed by atoms with Crippen LogP contribution >= 0.6 is 0 Å². The number of nitrogens with zero attached hydrogens (tertiary/aromatic N) is 2. The number of hydrogen-bond acceptors (Lipinski definition) is 4. The third-order valence-corrected chi connectivity index (χ3v) is 5.64. The molecule has 2 N–H and O–H groups in total. The maximum absolute atomic E-state index is 13.9. The van der Waals surface area contributed by atoms with E-state index in [1.54, 1.807) is 7.05 Å². The van der Waals surface area contributed by atoms with Gasteiger partial charge in [0.25, 0.3) is 0 Å². The molecule has 0 radical (unpaired) electrons. The Hall–Kier alpha value is -2.28. The molecule has 2 aliphatic rings. The van der Waals surface area contributed by atoms with E-state index in [2.05, 4.69) is 15.6 Å². The largest absolute Gasteiger partial charge is 0.418 e. The summed E-state index contributed by atoms with van der Waals surface area (Å²) >= 11 is 0. The van der Waals surface area contributed by atoms with E-state index in [-0.39, 0.29) is 12.0 Å². The molecule has 2 unspecified atom stereocenters. The maximum Gasteiger partial charge on any atom is 0.418 e. The van der Waals surface area contributed by atoms with Gasteiger partial charge >= 0.3 is 6.18 Å². The smallest absolute Gasteiger partial charge is 0.370 e. The van der Waals surface area contributed by atoms with Crippen LogP contribution in [-0.2, 0) is 6.18 Å². The number of nitrogens with one attached hydrogen (secondary N) is 2. The second-order valence-electron chi connectivity index (χ2n) is 7.45. The van der Waals surface area contributed by atoms with Crippen LogP contribution in [0.5, 0.6) is 0 Å². The highest BCUT2D eigenvalue weighted by Gasteiger charge is 2.45. The number of aromatic nitrogens is 1. The van der Waals surface area contributed by atoms with Crippen LogP contribution in [0.3, 0.4) is 0 Å². The standard InChI is InChI=1S/C20H23F3N4/c1-11-4-5-17(12(2)25-11)26-13-8-14-15-10-24-7-6-18(15)27(3)19(14)16(9-13)20(21,22)23/h4-5,8-9,15,18,24,26H,6-7,10H2,1-3H3. The van der Waals surface area contributed by atoms with Gasteiger partial charge < -0.3 is 15.5 Å². The number of piperidine rings is 1. The second kappa shape index (κ2) is 6.41. The molecule has 4 rings (SSSR count). The Morgan fingerprint density at radius 3 is 2.70 bits per heavy atom. The number of likely N-dealkylation sites (N-methyl/N-ethyl adjacent to an activating group) is 1. The highest BCUT2D eigenvalue weighted by molar-refractivity contribution is 5.74. The molecule has 2 aliphatic heterocycles. The van der Waals surface area contributed by atoms with Crippen molar-refractivity contribution in [2.24, 2.45) is 0 Å². The molecule has 1 fully saturated rings. The SMILES string of the molecule is Cc1ccc(Nc2cc3c(c(C(F)(F)F)c2)N(C)C2CCNCC32)c(C)n1. The molecule has 4 nitrogen and oxygen atoms in total. The Morgan fingerprint density at radius 2 is 2.00 bits per heavy atom. The van der Waals surface area contributed by atoms with E-state index in [0.29, 0.717) is 17.9 Å². The molecule has 27 heavy (non-hydrogen) atoms. The number of fused-ring (bicyclic) bond motifs is 3. The first-order valence-electron chi connectivity index (χ1n) is 9.15. The fourth-order valence-corrected chi connectivity index (χ4v) is 4.39. The van der Waals surface area contributed by atoms with Crippen LogP contribution in [0.2, 0.25) is 0 Å². The lowest BCUT2D eigenvalue weighted by Crippen LogP contribution is -2.42. The van der Waals surface area contributed by atoms with E-state index >= 15 is 0 Å². The molecule has 0 saturated carbocycles. The molecular weight excluding hydrogens is 353 g/mol. The summed E-state index contributed by atoms with van der Waals surface area (Å²) in [6.45, 7) is 5.27. The molecule has 0 spiro atoms. The van der Waals surface area contributed by atoms with Crippen LogP contribution in [-0.4, -0.2) is 31.2 Å². The summed E-state index contributed by atoms with van der Waals surface area (Å²) in [5.74, 6) is 0.0684. The Balaban J connectivity index is 1.81. The van der Waals surface area contributed by atoms with Gasteiger partial charge in [0, 0.05) is 36.9 Å². The first-order chi connectivity index (χ1) is 12.8. The summed E-state index contributed by atoms with van der Waals surface area (Å²) in [6.07, 6.45) is -3.56. The van der Waals surface area contributed by atoms with Crippen molar-refractivity contribution in [3.63, 3.8) is 0 Å². The van der Waals surface area contributed by atoms with Gasteiger partial charge in [0.05, 0.1) is 22.6 Å². The van der Waals surface area contributed by atoms with Gasteiger partial charge in [-0.2, -0.15) is 13.2 Å². The van der Waals surface area contributed by atoms with Gasteiger partial charge in [0.1, 0.15) is 0 Å². The maximum atomic E-state index is 13.9. The predicted molar refractivity (Wildman–Crippen MR) is 101 cm³/mol. The number of benzene rings is 1. The minimum absolute atomic E-state index is 0.0684. The molecule has 0 aliphatic carbocycles. The summed E-state index contributed by atoms with van der Waals surface area (Å²) in [4.78, 5) is 6.21. The molecule has 3 heterocycles. The Bertz CT molecular complexity index is 878. The quantitative estimate of drug-likeness (QED) is 0.817. The lowest BCUT2D eigenvalue weighted by Gasteiger charge is -2.31. The van der Waals surface area contributed by atoms with Gasteiger partial charge in [-0.3, -0.25) is 4.98 Å². The predicted octanol–water partition coefficient (Wildman–Crippen LogP) is 4.36. The summed E-state index contributed by atoms with van der Waals surface area (Å²) < 4.78 is 41.6. The molecule has 1 saturated heterocycles. The van der Waals surface area contributed by atoms with Gasteiger partial charge in [-0.05, 0) is 56.6 Å². The van der Waals surface area contributed by atoms with Crippen molar-refractivity contribution < 1.29 is 13.2 Å². The van der Waals surface area contributed by atoms with E-state index in [4.69, 9.17) is 0 Å². The zero-order chi connectivity index (χ0) is 19.3. The Kier molecular flexibility index (Phi) is 4.29. The fourth-order valence-electron chi connectivity index (χ4n) is 4.39. The van der Waals surface area contributed by atoms with E-state index < -0.39 is 11.7 Å². The third kappa shape index (κ3) is 3.14. The van der Waals surface area contributed by atoms with Gasteiger partial charge in [0.15, 0.2) is 0 Å². The van der Waals surface area contributed by atoms with Crippen LogP contribution in [0, 0.1) is 13.8 Å². The van der Waals surface area contributed by atoms with E-state index in [1.807, 2.05) is 36.9 Å². The second-order valence-corrected chi connectivity index (χ2v) is 7.45. The highest BCUT2D eigenvalue weighted by Crippen LogP contribution is 2.50. The molecule has 7 heteroatoms. The minimum Gasteiger partial charge on any atom is -0.370 e. The number of halogens is 3. The van der Waals surface area contributed by atoms with E-state index in [9.17, 15) is 13.2 Å². The van der Waals surface area contributed by atoms with E-state index in [1.165, 1.54) is 6.07 Å². The average Bonchev–Trinajstić information content (AvgIpc) is 2.89. The van der Waals surface area contributed by atoms with Crippen LogP contribution < -0.4 is 15.5 Å². The monoisotopic (exact) mass is 376 g/mol. The lowest BCUT2D eigenvalue weighted by atomic mass is 9.89. The van der Waals surface area contributed by atoms with Crippen LogP contribution in [0.25, 0.3) is 0 Å². The lowest BCUT2D eigenvalue weighted by molar-refractivity contribution is -0.137. The van der Waals surface area contributed by atoms with Crippen molar-refractivity contribution in [2.75, 3.05) is 30.4 Å². The number of hydrogen-bond donors (Lipinski definition) is 2. The van der Waals surface area contributed by atoms with Crippen LogP contribution in [0.4, 0.5) is 30.2 Å². The van der Waals surface area contributed by atoms with Crippen molar-refractivity contribution in [1.29, 1.82) is 0 Å². The topological polar surface area (TPSA) is 40.2 Å². The number of rotatable bonds is 2. The number of alkyl halides is 3. The number of pyridine rings is 1. The van der Waals surface area contributed by atoms with Crippen molar-refractivity contribution in [3.05, 3.63) is 46.8 Å². The number of aryl methyl sites for hydroxylation is 2. The Labute approximate surface area is 156 Å². The molecule has 144 valence electrons. The van der Waals surface area contributed by atoms with Crippen molar-refractivity contribution in [2.45, 2.75) is 38.4 Å². The van der Waals surface area contributed by atoms with Gasteiger partial charge in [0.2, 0.25) is 0 Å². The molecule has 0 bridgehead atoms. The first-order valence-corrected chi connectivity index (χ1v) is 9.15. The van der Waals surface area contributed by atoms with Crippen molar-refractivity contribution in [1.82, 2.24) is 10.3 Å². The van der Waals surface area contributed by atoms with Gasteiger partial charge in [-0.25, -0.2) is 0 Å². The van der Waals surface area contributed by atoms with Crippen molar-refractivity contribution >= 4 is 17.1 Å². The molecule has 0 amide bonds. The van der Waals surface area contributed by atoms with Gasteiger partial charge in [-0.15, -0.1) is 0 Å². The summed E-state index contributed by atoms with van der Waals surface area (Å²) in [6, 6.07) is 6.91. The molecule has 1 aromatic heterocycles. The summed E-state index contributed by atoms with van der Waals surface area (Å²) in [7, 11) is 1.78. The number of anilines is 3. The highest BCUT2D eigenvalue weighted by atomic mass is 19.4. The summed E-state index contributed by atoms with van der Waals surface area (Å²) in [5, 5.41) is 6.47. The molecule has 2 aromatic rings. The van der Waals surface area contributed by atoms with Crippen molar-refractivity contribution in [3.8, 4) is 0 Å². The van der Waals surface area contributed by atoms with Crippen LogP contribution in [0.1, 0.15) is 34.9 Å². The summed E-state index contributed by atoms with van der Waals surface area (Å²) in [5.41, 5.74) is 3.33. The zero-order valence-electron chi connectivity index (χ0n) is 15.6. The third-order valence-electron chi connectivity index (χ3n) is 5.64. The minimum atomic E-state index is -4.41. The van der Waals surface area contributed by atoms with E-state index in [0.717, 1.165) is 35.6 Å². The van der Waals surface area contributed by atoms with Gasteiger partial charge in [-0.1, -0.05) is 0 Å². The average molecular weight is 376 g/mol. The normalized spacial score (nSPS) is 21.8. The first kappa shape index (κ1) is 18.1. The molecule has 1 aromatic carbocycles. The molecular formula is C20H23F3N4. The zero-order valence-corrected chi connectivity index (χ0v) is 15.6. The fraction of sp³-hybridized carbons (Fsp3) is 0.450. The van der Waals surface area contributed by atoms with Crippen LogP contribution in [0.15, 0.2) is 24.3 Å². The Morgan fingerprint density at radius 1 is 1.22 bits per heavy atom. The molecule has 2 atom stereocenters.